The normalized spacial score (nSPS) is 14.1. The van der Waals surface area contributed by atoms with Crippen molar-refractivity contribution in [1.29, 1.82) is 0 Å². The Labute approximate surface area is 167 Å². The van der Waals surface area contributed by atoms with Gasteiger partial charge in [0, 0.05) is 0 Å². The maximum atomic E-state index is 11.2. The summed E-state index contributed by atoms with van der Waals surface area (Å²) in [6.07, 6.45) is -1.30. The van der Waals surface area contributed by atoms with Crippen LogP contribution in [0.4, 0.5) is 4.79 Å². The third-order valence-corrected chi connectivity index (χ3v) is 6.17. The van der Waals surface area contributed by atoms with Gasteiger partial charge in [0.2, 0.25) is 0 Å². The highest BCUT2D eigenvalue weighted by Crippen LogP contribution is 2.62. The van der Waals surface area contributed by atoms with E-state index in [1.165, 1.54) is 33.4 Å². The van der Waals surface area contributed by atoms with Crippen LogP contribution < -0.4 is 4.74 Å². The summed E-state index contributed by atoms with van der Waals surface area (Å²) in [5.74, 6) is 0.338. The van der Waals surface area contributed by atoms with Gasteiger partial charge in [-0.2, -0.15) is 0 Å². The van der Waals surface area contributed by atoms with Crippen LogP contribution in [-0.4, -0.2) is 11.3 Å². The Balaban J connectivity index is 1.78. The zero-order chi connectivity index (χ0) is 19.6. The summed E-state index contributed by atoms with van der Waals surface area (Å²) in [6.45, 7) is 0. The maximum absolute atomic E-state index is 11.2. The van der Waals surface area contributed by atoms with Gasteiger partial charge in [-0.1, -0.05) is 78.9 Å². The average Bonchev–Trinajstić information content (AvgIpc) is 3.20. The van der Waals surface area contributed by atoms with Crippen molar-refractivity contribution in [3.63, 3.8) is 0 Å². The highest BCUT2D eigenvalue weighted by atomic mass is 16.7. The van der Waals surface area contributed by atoms with Crippen molar-refractivity contribution in [2.75, 3.05) is 0 Å². The van der Waals surface area contributed by atoms with Gasteiger partial charge < -0.3 is 9.84 Å². The van der Waals surface area contributed by atoms with Gasteiger partial charge in [-0.05, 0) is 56.6 Å². The second-order valence-electron chi connectivity index (χ2n) is 7.46. The molecule has 3 nitrogen and oxygen atoms in total. The molecule has 4 aromatic rings. The fraction of sp³-hybridized carbons (Fsp3) is 0.0385. The first-order chi connectivity index (χ1) is 14.2. The predicted octanol–water partition coefficient (Wildman–Crippen LogP) is 6.09. The number of ether oxygens (including phenoxy) is 1. The van der Waals surface area contributed by atoms with Gasteiger partial charge in [-0.15, -0.1) is 0 Å². The van der Waals surface area contributed by atoms with Crippen molar-refractivity contribution in [3.8, 4) is 28.0 Å². The molecule has 0 amide bonds. The Morgan fingerprint density at radius 1 is 0.621 bits per heavy atom. The molecule has 138 valence electrons. The molecule has 0 atom stereocenters. The molecule has 2 aliphatic carbocycles. The standard InChI is InChI=1S/C26H16O3/c27-25(28)29-16-13-14-20-19-9-3-6-12-23(19)26(24(20)15-16)21-10-4-1-7-17(21)18-8-2-5-11-22(18)26/h1-15H,(H,27,28). The van der Waals surface area contributed by atoms with Crippen LogP contribution in [0.1, 0.15) is 22.3 Å². The molecular formula is C26H16O3. The van der Waals surface area contributed by atoms with E-state index in [4.69, 9.17) is 9.84 Å². The number of carbonyl (C=O) groups is 1. The monoisotopic (exact) mass is 376 g/mol. The minimum atomic E-state index is -1.30. The van der Waals surface area contributed by atoms with E-state index in [2.05, 4.69) is 72.8 Å². The van der Waals surface area contributed by atoms with Gasteiger partial charge in [0.15, 0.2) is 0 Å². The molecule has 1 spiro atoms. The lowest BCUT2D eigenvalue weighted by Gasteiger charge is -2.30. The van der Waals surface area contributed by atoms with Crippen molar-refractivity contribution in [3.05, 3.63) is 113 Å². The van der Waals surface area contributed by atoms with Crippen molar-refractivity contribution < 1.29 is 14.6 Å². The van der Waals surface area contributed by atoms with Crippen LogP contribution in [0.2, 0.25) is 0 Å². The molecule has 0 saturated heterocycles. The van der Waals surface area contributed by atoms with Gasteiger partial charge in [0.05, 0.1) is 5.41 Å². The lowest BCUT2D eigenvalue weighted by atomic mass is 9.70. The lowest BCUT2D eigenvalue weighted by molar-refractivity contribution is 0.144. The zero-order valence-corrected chi connectivity index (χ0v) is 15.4. The Kier molecular flexibility index (Phi) is 3.11. The summed E-state index contributed by atoms with van der Waals surface area (Å²) in [7, 11) is 0. The van der Waals surface area contributed by atoms with Crippen LogP contribution in [0.15, 0.2) is 91.0 Å². The van der Waals surface area contributed by atoms with E-state index in [-0.39, 0.29) is 0 Å². The highest BCUT2D eigenvalue weighted by Gasteiger charge is 2.51. The molecule has 0 aromatic heterocycles. The summed E-state index contributed by atoms with van der Waals surface area (Å²) in [5, 5.41) is 9.14. The number of benzene rings is 4. The van der Waals surface area contributed by atoms with E-state index < -0.39 is 11.6 Å². The third kappa shape index (κ3) is 1.94. The largest absolute Gasteiger partial charge is 0.511 e. The number of carboxylic acid groups (broad SMARTS) is 1. The van der Waals surface area contributed by atoms with E-state index in [9.17, 15) is 4.79 Å². The van der Waals surface area contributed by atoms with Gasteiger partial charge in [-0.3, -0.25) is 0 Å². The summed E-state index contributed by atoms with van der Waals surface area (Å²) < 4.78 is 5.03. The van der Waals surface area contributed by atoms with Gasteiger partial charge in [0.1, 0.15) is 5.75 Å². The highest BCUT2D eigenvalue weighted by molar-refractivity contribution is 5.95. The summed E-state index contributed by atoms with van der Waals surface area (Å²) in [4.78, 5) is 11.2. The Bertz CT molecular complexity index is 1260. The SMILES string of the molecule is O=C(O)Oc1ccc2c(c1)C1(c3ccccc3-c3ccccc31)c1ccccc1-2. The quantitative estimate of drug-likeness (QED) is 0.279. The second kappa shape index (κ2) is 5.58. The van der Waals surface area contributed by atoms with Crippen LogP contribution in [0, 0.1) is 0 Å². The molecule has 0 bridgehead atoms. The summed E-state index contributed by atoms with van der Waals surface area (Å²) >= 11 is 0. The number of hydrogen-bond donors (Lipinski definition) is 1. The lowest BCUT2D eigenvalue weighted by Crippen LogP contribution is -2.25. The maximum Gasteiger partial charge on any atom is 0.511 e. The van der Waals surface area contributed by atoms with Crippen LogP contribution in [0.25, 0.3) is 22.3 Å². The molecule has 0 aliphatic heterocycles. The van der Waals surface area contributed by atoms with Crippen molar-refractivity contribution >= 4 is 6.16 Å². The topological polar surface area (TPSA) is 46.5 Å². The van der Waals surface area contributed by atoms with E-state index in [1.54, 1.807) is 6.07 Å². The van der Waals surface area contributed by atoms with Crippen LogP contribution in [0.5, 0.6) is 5.75 Å². The molecule has 4 aromatic carbocycles. The molecule has 29 heavy (non-hydrogen) atoms. The second-order valence-corrected chi connectivity index (χ2v) is 7.46. The molecule has 1 N–H and O–H groups in total. The molecule has 0 radical (unpaired) electrons. The number of fused-ring (bicyclic) bond motifs is 10. The van der Waals surface area contributed by atoms with E-state index in [1.807, 2.05) is 12.1 Å². The Morgan fingerprint density at radius 3 is 1.55 bits per heavy atom. The van der Waals surface area contributed by atoms with Gasteiger partial charge in [-0.25, -0.2) is 4.79 Å². The van der Waals surface area contributed by atoms with E-state index in [0.29, 0.717) is 5.75 Å². The third-order valence-electron chi connectivity index (χ3n) is 6.17. The Hall–Kier alpha value is -3.85. The van der Waals surface area contributed by atoms with Crippen molar-refractivity contribution in [1.82, 2.24) is 0 Å². The van der Waals surface area contributed by atoms with E-state index in [0.717, 1.165) is 11.1 Å². The first-order valence-corrected chi connectivity index (χ1v) is 9.56. The molecule has 0 unspecified atom stereocenters. The molecular weight excluding hydrogens is 360 g/mol. The minimum Gasteiger partial charge on any atom is -0.449 e. The fourth-order valence-corrected chi connectivity index (χ4v) is 5.24. The van der Waals surface area contributed by atoms with Crippen molar-refractivity contribution in [2.45, 2.75) is 5.41 Å². The predicted molar refractivity (Wildman–Crippen MR) is 111 cm³/mol. The van der Waals surface area contributed by atoms with Crippen molar-refractivity contribution in [2.24, 2.45) is 0 Å². The molecule has 3 heteroatoms. The first-order valence-electron chi connectivity index (χ1n) is 9.56. The smallest absolute Gasteiger partial charge is 0.449 e. The number of hydrogen-bond acceptors (Lipinski definition) is 2. The van der Waals surface area contributed by atoms with Gasteiger partial charge in [0.25, 0.3) is 0 Å². The van der Waals surface area contributed by atoms with Crippen LogP contribution >= 0.6 is 0 Å². The van der Waals surface area contributed by atoms with Gasteiger partial charge >= 0.3 is 6.16 Å². The fourth-order valence-electron chi connectivity index (χ4n) is 5.24. The molecule has 0 saturated carbocycles. The molecule has 6 rings (SSSR count). The Morgan fingerprint density at radius 2 is 1.07 bits per heavy atom. The number of rotatable bonds is 1. The minimum absolute atomic E-state index is 0.338. The zero-order valence-electron chi connectivity index (χ0n) is 15.4. The molecule has 0 heterocycles. The van der Waals surface area contributed by atoms with E-state index >= 15 is 0 Å². The molecule has 2 aliphatic rings. The average molecular weight is 376 g/mol. The van der Waals surface area contributed by atoms with Crippen LogP contribution in [-0.2, 0) is 5.41 Å². The molecule has 0 fully saturated rings. The summed E-state index contributed by atoms with van der Waals surface area (Å²) in [6, 6.07) is 31.1. The van der Waals surface area contributed by atoms with Crippen LogP contribution in [0.3, 0.4) is 0 Å². The summed E-state index contributed by atoms with van der Waals surface area (Å²) in [5.41, 5.74) is 8.98. The first kappa shape index (κ1) is 16.1.